The third-order valence-corrected chi connectivity index (χ3v) is 4.71. The molecule has 0 aliphatic carbocycles. The van der Waals surface area contributed by atoms with Crippen LogP contribution >= 0.6 is 27.7 Å². The first-order valence-electron chi connectivity index (χ1n) is 6.40. The van der Waals surface area contributed by atoms with Gasteiger partial charge in [-0.1, -0.05) is 0 Å². The van der Waals surface area contributed by atoms with Crippen molar-refractivity contribution in [1.82, 2.24) is 10.3 Å². The van der Waals surface area contributed by atoms with Crippen LogP contribution in [0.1, 0.15) is 23.2 Å². The Balaban J connectivity index is 1.97. The fourth-order valence-corrected chi connectivity index (χ4v) is 3.63. The molecule has 1 saturated heterocycles. The molecule has 2 N–H and O–H groups in total. The lowest BCUT2D eigenvalue weighted by molar-refractivity contribution is 0.0947. The summed E-state index contributed by atoms with van der Waals surface area (Å²) in [7, 11) is 1.77. The van der Waals surface area contributed by atoms with E-state index in [9.17, 15) is 4.79 Å². The van der Waals surface area contributed by atoms with Gasteiger partial charge in [0, 0.05) is 24.3 Å². The van der Waals surface area contributed by atoms with Crippen LogP contribution in [0, 0.1) is 5.92 Å². The Kier molecular flexibility index (Phi) is 5.51. The number of nitrogens with one attached hydrogen (secondary N) is 2. The van der Waals surface area contributed by atoms with E-state index in [0.29, 0.717) is 17.3 Å². The lowest BCUT2D eigenvalue weighted by Crippen LogP contribution is -2.31. The third kappa shape index (κ3) is 4.11. The van der Waals surface area contributed by atoms with Gasteiger partial charge in [-0.3, -0.25) is 4.79 Å². The Morgan fingerprint density at radius 3 is 2.95 bits per heavy atom. The molecule has 4 nitrogen and oxygen atoms in total. The molecular weight excluding hydrogens is 326 g/mol. The molecule has 104 valence electrons. The first-order chi connectivity index (χ1) is 9.20. The number of carbonyl (C=O) groups excluding carboxylic acids is 1. The Labute approximate surface area is 126 Å². The fraction of sp³-hybridized carbons (Fsp3) is 0.538. The van der Waals surface area contributed by atoms with Crippen LogP contribution in [0.25, 0.3) is 0 Å². The first kappa shape index (κ1) is 14.7. The predicted octanol–water partition coefficient (Wildman–Crippen LogP) is 2.76. The van der Waals surface area contributed by atoms with E-state index in [4.69, 9.17) is 0 Å². The topological polar surface area (TPSA) is 54.0 Å². The van der Waals surface area contributed by atoms with Crippen molar-refractivity contribution >= 4 is 39.4 Å². The minimum atomic E-state index is -0.0589. The number of halogens is 1. The smallest absolute Gasteiger partial charge is 0.255 e. The largest absolute Gasteiger partial charge is 0.372 e. The normalized spacial score (nSPS) is 16.1. The second-order valence-electron chi connectivity index (χ2n) is 4.57. The molecule has 0 aromatic carbocycles. The van der Waals surface area contributed by atoms with Gasteiger partial charge in [-0.2, -0.15) is 11.8 Å². The molecule has 1 aliphatic rings. The molecule has 1 amide bonds. The van der Waals surface area contributed by atoms with Gasteiger partial charge in [-0.05, 0) is 52.3 Å². The lowest BCUT2D eigenvalue weighted by atomic mass is 10.0. The number of amides is 1. The summed E-state index contributed by atoms with van der Waals surface area (Å²) < 4.78 is 0.811. The number of carbonyl (C=O) groups is 1. The van der Waals surface area contributed by atoms with Crippen LogP contribution in [-0.4, -0.2) is 36.0 Å². The van der Waals surface area contributed by atoms with Crippen molar-refractivity contribution < 1.29 is 4.79 Å². The van der Waals surface area contributed by atoms with Crippen molar-refractivity contribution in [3.8, 4) is 0 Å². The van der Waals surface area contributed by atoms with Crippen LogP contribution in [-0.2, 0) is 0 Å². The molecule has 6 heteroatoms. The molecule has 1 aliphatic heterocycles. The molecule has 0 unspecified atom stereocenters. The Morgan fingerprint density at radius 1 is 1.53 bits per heavy atom. The van der Waals surface area contributed by atoms with E-state index in [0.717, 1.165) is 11.0 Å². The van der Waals surface area contributed by atoms with Crippen molar-refractivity contribution in [2.24, 2.45) is 5.92 Å². The SMILES string of the molecule is CNc1ncc(Br)cc1C(=O)NCC1CCSCC1. The lowest BCUT2D eigenvalue weighted by Gasteiger charge is -2.21. The van der Waals surface area contributed by atoms with E-state index in [2.05, 4.69) is 31.5 Å². The Hall–Kier alpha value is -0.750. The zero-order valence-electron chi connectivity index (χ0n) is 10.9. The van der Waals surface area contributed by atoms with E-state index in [-0.39, 0.29) is 5.91 Å². The highest BCUT2D eigenvalue weighted by molar-refractivity contribution is 9.10. The minimum Gasteiger partial charge on any atom is -0.372 e. The third-order valence-electron chi connectivity index (χ3n) is 3.23. The second kappa shape index (κ2) is 7.14. The maximum absolute atomic E-state index is 12.2. The monoisotopic (exact) mass is 343 g/mol. The summed E-state index contributed by atoms with van der Waals surface area (Å²) in [5.41, 5.74) is 0.585. The number of anilines is 1. The van der Waals surface area contributed by atoms with Crippen LogP contribution in [0.4, 0.5) is 5.82 Å². The molecule has 0 radical (unpaired) electrons. The zero-order chi connectivity index (χ0) is 13.7. The highest BCUT2D eigenvalue weighted by Gasteiger charge is 2.17. The number of thioether (sulfide) groups is 1. The van der Waals surface area contributed by atoms with Crippen molar-refractivity contribution in [1.29, 1.82) is 0 Å². The van der Waals surface area contributed by atoms with Gasteiger partial charge < -0.3 is 10.6 Å². The Morgan fingerprint density at radius 2 is 2.26 bits per heavy atom. The quantitative estimate of drug-likeness (QED) is 0.882. The van der Waals surface area contributed by atoms with Crippen molar-refractivity contribution in [2.45, 2.75) is 12.8 Å². The summed E-state index contributed by atoms with van der Waals surface area (Å²) in [6.07, 6.45) is 4.07. The number of pyridine rings is 1. The predicted molar refractivity (Wildman–Crippen MR) is 83.9 cm³/mol. The van der Waals surface area contributed by atoms with Gasteiger partial charge in [-0.25, -0.2) is 4.98 Å². The molecule has 0 atom stereocenters. The summed E-state index contributed by atoms with van der Waals surface area (Å²) in [4.78, 5) is 16.4. The molecule has 0 bridgehead atoms. The zero-order valence-corrected chi connectivity index (χ0v) is 13.3. The van der Waals surface area contributed by atoms with E-state index in [1.54, 1.807) is 19.3 Å². The van der Waals surface area contributed by atoms with Gasteiger partial charge in [-0.15, -0.1) is 0 Å². The number of aromatic nitrogens is 1. The summed E-state index contributed by atoms with van der Waals surface area (Å²) in [6.45, 7) is 0.759. The van der Waals surface area contributed by atoms with Gasteiger partial charge >= 0.3 is 0 Å². The van der Waals surface area contributed by atoms with Crippen molar-refractivity contribution in [2.75, 3.05) is 30.4 Å². The van der Waals surface area contributed by atoms with E-state index in [1.165, 1.54) is 24.3 Å². The van der Waals surface area contributed by atoms with Crippen LogP contribution in [0.5, 0.6) is 0 Å². The van der Waals surface area contributed by atoms with Crippen molar-refractivity contribution in [3.63, 3.8) is 0 Å². The average molecular weight is 344 g/mol. The van der Waals surface area contributed by atoms with Crippen LogP contribution in [0.3, 0.4) is 0 Å². The molecule has 1 fully saturated rings. The van der Waals surface area contributed by atoms with Gasteiger partial charge in [0.2, 0.25) is 0 Å². The molecule has 1 aromatic heterocycles. The molecule has 1 aromatic rings. The van der Waals surface area contributed by atoms with Crippen LogP contribution in [0.2, 0.25) is 0 Å². The van der Waals surface area contributed by atoms with E-state index in [1.807, 2.05) is 11.8 Å². The Bertz CT molecular complexity index is 450. The van der Waals surface area contributed by atoms with Gasteiger partial charge in [0.1, 0.15) is 5.82 Å². The average Bonchev–Trinajstić information content (AvgIpc) is 2.46. The second-order valence-corrected chi connectivity index (χ2v) is 6.71. The number of nitrogens with zero attached hydrogens (tertiary/aromatic N) is 1. The summed E-state index contributed by atoms with van der Waals surface area (Å²) in [6, 6.07) is 1.80. The molecular formula is C13H18BrN3OS. The molecule has 0 saturated carbocycles. The van der Waals surface area contributed by atoms with Crippen LogP contribution < -0.4 is 10.6 Å². The maximum atomic E-state index is 12.2. The number of rotatable bonds is 4. The number of hydrogen-bond donors (Lipinski definition) is 2. The number of hydrogen-bond acceptors (Lipinski definition) is 4. The van der Waals surface area contributed by atoms with Crippen molar-refractivity contribution in [3.05, 3.63) is 22.3 Å². The van der Waals surface area contributed by atoms with E-state index < -0.39 is 0 Å². The van der Waals surface area contributed by atoms with Crippen LogP contribution in [0.15, 0.2) is 16.7 Å². The summed E-state index contributed by atoms with van der Waals surface area (Å²) in [5.74, 6) is 3.58. The highest BCUT2D eigenvalue weighted by atomic mass is 79.9. The fourth-order valence-electron chi connectivity index (χ4n) is 2.09. The van der Waals surface area contributed by atoms with Gasteiger partial charge in [0.25, 0.3) is 5.91 Å². The first-order valence-corrected chi connectivity index (χ1v) is 8.34. The molecule has 0 spiro atoms. The summed E-state index contributed by atoms with van der Waals surface area (Å²) >= 11 is 5.35. The minimum absolute atomic E-state index is 0.0589. The molecule has 2 rings (SSSR count). The highest BCUT2D eigenvalue weighted by Crippen LogP contribution is 2.22. The maximum Gasteiger partial charge on any atom is 0.255 e. The summed E-state index contributed by atoms with van der Waals surface area (Å²) in [5, 5.41) is 5.97. The molecule has 2 heterocycles. The molecule has 19 heavy (non-hydrogen) atoms. The van der Waals surface area contributed by atoms with E-state index >= 15 is 0 Å². The van der Waals surface area contributed by atoms with Gasteiger partial charge in [0.05, 0.1) is 5.56 Å². The van der Waals surface area contributed by atoms with Gasteiger partial charge in [0.15, 0.2) is 0 Å². The standard InChI is InChI=1S/C13H18BrN3OS/c1-15-12-11(6-10(14)8-16-12)13(18)17-7-9-2-4-19-5-3-9/h6,8-9H,2-5,7H2,1H3,(H,15,16)(H,17,18).